The van der Waals surface area contributed by atoms with E-state index in [9.17, 15) is 5.11 Å². The van der Waals surface area contributed by atoms with Gasteiger partial charge in [0.2, 0.25) is 0 Å². The van der Waals surface area contributed by atoms with Crippen molar-refractivity contribution in [2.45, 2.75) is 68.7 Å². The molecule has 6 nitrogen and oxygen atoms in total. The number of fused-ring (bicyclic) bond motifs is 1. The number of phenolic OH excluding ortho intramolecular Hbond substituents is 1. The number of benzene rings is 2. The predicted molar refractivity (Wildman–Crippen MR) is 169 cm³/mol. The van der Waals surface area contributed by atoms with Crippen LogP contribution in [0.3, 0.4) is 0 Å². The number of methoxy groups -OCH3 is 3. The first kappa shape index (κ1) is 32.8. The lowest BCUT2D eigenvalue weighted by Crippen LogP contribution is -2.50. The molecule has 1 N–H and O–H groups in total. The van der Waals surface area contributed by atoms with Gasteiger partial charge in [-0.15, -0.1) is 0 Å². The first-order valence-electron chi connectivity index (χ1n) is 15.3. The molecule has 7 heteroatoms. The van der Waals surface area contributed by atoms with Crippen LogP contribution < -0.4 is 0 Å². The summed E-state index contributed by atoms with van der Waals surface area (Å²) in [6.07, 6.45) is 9.32. The van der Waals surface area contributed by atoms with Crippen molar-refractivity contribution in [3.63, 3.8) is 0 Å². The summed E-state index contributed by atoms with van der Waals surface area (Å²) in [5.41, 5.74) is 3.57. The van der Waals surface area contributed by atoms with Gasteiger partial charge >= 0.3 is 0 Å². The summed E-state index contributed by atoms with van der Waals surface area (Å²) in [4.78, 5) is 1.88. The summed E-state index contributed by atoms with van der Waals surface area (Å²) in [6.45, 7) is 8.82. The van der Waals surface area contributed by atoms with E-state index in [1.807, 2.05) is 23.1 Å². The fourth-order valence-electron chi connectivity index (χ4n) is 6.83. The van der Waals surface area contributed by atoms with Crippen molar-refractivity contribution in [2.75, 3.05) is 41.0 Å². The highest BCUT2D eigenvalue weighted by Crippen LogP contribution is 2.46. The average molecular weight is 594 g/mol. The second-order valence-electron chi connectivity index (χ2n) is 11.8. The Hall–Kier alpha value is -3.13. The molecule has 3 atom stereocenters. The first-order valence-corrected chi connectivity index (χ1v) is 15.3. The second-order valence-corrected chi connectivity index (χ2v) is 11.8. The molecule has 43 heavy (non-hydrogen) atoms. The summed E-state index contributed by atoms with van der Waals surface area (Å²) in [6, 6.07) is 16.3. The monoisotopic (exact) mass is 593 g/mol. The minimum atomic E-state index is -0.230. The van der Waals surface area contributed by atoms with Crippen LogP contribution in [0.2, 0.25) is 0 Å². The highest BCUT2D eigenvalue weighted by molar-refractivity contribution is 5.42. The SMILES string of the molecule is C=CC(=C)OC.COC(OC)C1CCC2(CCN(/C(F)=C\CC3c4ccc(O)cc4CCC3c3ccccc3)CC2)OC1. The van der Waals surface area contributed by atoms with Crippen LogP contribution >= 0.6 is 0 Å². The van der Waals surface area contributed by atoms with Crippen molar-refractivity contribution < 1.29 is 28.4 Å². The molecule has 2 heterocycles. The Kier molecular flexibility index (Phi) is 11.9. The van der Waals surface area contributed by atoms with Crippen LogP contribution in [-0.4, -0.2) is 62.9 Å². The number of allylic oxidation sites excluding steroid dienone is 2. The molecule has 234 valence electrons. The van der Waals surface area contributed by atoms with Crippen molar-refractivity contribution in [1.82, 2.24) is 4.90 Å². The minimum absolute atomic E-state index is 0.125. The molecule has 2 aromatic rings. The van der Waals surface area contributed by atoms with Gasteiger partial charge in [-0.3, -0.25) is 0 Å². The van der Waals surface area contributed by atoms with Crippen LogP contribution in [0.4, 0.5) is 4.39 Å². The molecule has 2 aromatic carbocycles. The fourth-order valence-corrected chi connectivity index (χ4v) is 6.83. The fraction of sp³-hybridized carbons (Fsp3) is 0.500. The zero-order chi connectivity index (χ0) is 30.8. The Bertz CT molecular complexity index is 1210. The van der Waals surface area contributed by atoms with Crippen molar-refractivity contribution in [3.8, 4) is 5.75 Å². The van der Waals surface area contributed by atoms with Gasteiger partial charge in [-0.05, 0) is 97.8 Å². The van der Waals surface area contributed by atoms with Crippen molar-refractivity contribution in [1.29, 1.82) is 0 Å². The van der Waals surface area contributed by atoms with Crippen molar-refractivity contribution >= 4 is 0 Å². The van der Waals surface area contributed by atoms with Gasteiger partial charge in [-0.25, -0.2) is 0 Å². The third-order valence-electron chi connectivity index (χ3n) is 9.39. The van der Waals surface area contributed by atoms with E-state index in [1.54, 1.807) is 39.5 Å². The van der Waals surface area contributed by atoms with Crippen LogP contribution in [-0.2, 0) is 25.4 Å². The Morgan fingerprint density at radius 1 is 1.09 bits per heavy atom. The lowest BCUT2D eigenvalue weighted by molar-refractivity contribution is -0.199. The number of likely N-dealkylation sites (tertiary alicyclic amines) is 1. The molecule has 0 radical (unpaired) electrons. The molecular weight excluding hydrogens is 545 g/mol. The molecule has 0 saturated carbocycles. The Balaban J connectivity index is 0.000000641. The maximum Gasteiger partial charge on any atom is 0.185 e. The number of aryl methyl sites for hydroxylation is 1. The largest absolute Gasteiger partial charge is 0.508 e. The van der Waals surface area contributed by atoms with Gasteiger partial charge in [0.1, 0.15) is 11.5 Å². The van der Waals surface area contributed by atoms with Crippen LogP contribution in [0.5, 0.6) is 5.75 Å². The summed E-state index contributed by atoms with van der Waals surface area (Å²) in [5.74, 6) is 1.54. The molecule has 2 fully saturated rings. The Morgan fingerprint density at radius 3 is 2.40 bits per heavy atom. The second kappa shape index (κ2) is 15.6. The van der Waals surface area contributed by atoms with Crippen LogP contribution in [0.25, 0.3) is 0 Å². The standard InChI is InChI=1S/C31H40FNO4.C5H8O/c1-35-30(36-2)24-14-15-31(37-21-24)16-18-33(19-17-31)29(32)13-12-28-26(22-6-4-3-5-7-22)10-8-23-20-25(34)9-11-27(23)28;1-4-5(2)6-3/h3-7,9,11,13,20,24,26,28,30,34H,8,10,12,14-19,21H2,1-2H3;4H,1-2H2,3H3/b29-13-;. The molecule has 5 rings (SSSR count). The van der Waals surface area contributed by atoms with Gasteiger partial charge in [0.15, 0.2) is 12.2 Å². The van der Waals surface area contributed by atoms with E-state index < -0.39 is 0 Å². The van der Waals surface area contributed by atoms with E-state index in [-0.39, 0.29) is 29.7 Å². The maximum atomic E-state index is 15.5. The van der Waals surface area contributed by atoms with E-state index in [0.717, 1.165) is 38.5 Å². The van der Waals surface area contributed by atoms with Crippen molar-refractivity contribution in [2.24, 2.45) is 5.92 Å². The number of hydrogen-bond donors (Lipinski definition) is 1. The van der Waals surface area contributed by atoms with Gasteiger partial charge in [0.25, 0.3) is 0 Å². The zero-order valence-corrected chi connectivity index (χ0v) is 26.0. The number of hydrogen-bond acceptors (Lipinski definition) is 6. The van der Waals surface area contributed by atoms with Gasteiger partial charge in [0, 0.05) is 33.2 Å². The van der Waals surface area contributed by atoms with E-state index in [0.29, 0.717) is 43.5 Å². The molecule has 0 bridgehead atoms. The van der Waals surface area contributed by atoms with E-state index >= 15 is 4.39 Å². The van der Waals surface area contributed by atoms with Crippen LogP contribution in [0.1, 0.15) is 67.1 Å². The van der Waals surface area contributed by atoms with Gasteiger partial charge in [0.05, 0.1) is 19.3 Å². The molecule has 1 aliphatic carbocycles. The molecular formula is C36H48FNO5. The number of halogens is 1. The Morgan fingerprint density at radius 2 is 1.81 bits per heavy atom. The lowest BCUT2D eigenvalue weighted by Gasteiger charge is -2.46. The quantitative estimate of drug-likeness (QED) is 0.140. The molecule has 0 aromatic heterocycles. The highest BCUT2D eigenvalue weighted by atomic mass is 19.1. The summed E-state index contributed by atoms with van der Waals surface area (Å²) >= 11 is 0. The number of nitrogens with zero attached hydrogens (tertiary/aromatic N) is 1. The number of piperidine rings is 1. The topological polar surface area (TPSA) is 60.4 Å². The summed E-state index contributed by atoms with van der Waals surface area (Å²) in [5, 5.41) is 10.0. The third kappa shape index (κ3) is 8.28. The third-order valence-corrected chi connectivity index (χ3v) is 9.39. The van der Waals surface area contributed by atoms with Crippen LogP contribution in [0, 0.1) is 5.92 Å². The zero-order valence-electron chi connectivity index (χ0n) is 26.0. The maximum absolute atomic E-state index is 15.5. The van der Waals surface area contributed by atoms with Gasteiger partial charge < -0.3 is 29.0 Å². The smallest absolute Gasteiger partial charge is 0.185 e. The van der Waals surface area contributed by atoms with E-state index in [2.05, 4.69) is 42.2 Å². The number of phenols is 1. The normalized spacial score (nSPS) is 23.2. The molecule has 2 saturated heterocycles. The van der Waals surface area contributed by atoms with Gasteiger partial charge in [-0.1, -0.05) is 49.6 Å². The Labute approximate surface area is 256 Å². The lowest BCUT2D eigenvalue weighted by atomic mass is 9.70. The number of rotatable bonds is 9. The van der Waals surface area contributed by atoms with E-state index in [1.165, 1.54) is 16.7 Å². The highest BCUT2D eigenvalue weighted by Gasteiger charge is 2.41. The summed E-state index contributed by atoms with van der Waals surface area (Å²) in [7, 11) is 4.90. The van der Waals surface area contributed by atoms with Crippen LogP contribution in [0.15, 0.2) is 85.6 Å². The molecule has 3 unspecified atom stereocenters. The predicted octanol–water partition coefficient (Wildman–Crippen LogP) is 7.62. The van der Waals surface area contributed by atoms with E-state index in [4.69, 9.17) is 14.2 Å². The first-order chi connectivity index (χ1) is 20.8. The molecule has 3 aliphatic rings. The van der Waals surface area contributed by atoms with Crippen molar-refractivity contribution in [3.05, 3.63) is 102 Å². The summed E-state index contributed by atoms with van der Waals surface area (Å²) < 4.78 is 37.3. The minimum Gasteiger partial charge on any atom is -0.508 e. The molecule has 1 spiro atoms. The molecule has 0 amide bonds. The number of ether oxygens (including phenoxy) is 4. The number of aromatic hydroxyl groups is 1. The average Bonchev–Trinajstić information content (AvgIpc) is 3.05. The molecule has 2 aliphatic heterocycles. The van der Waals surface area contributed by atoms with Gasteiger partial charge in [-0.2, -0.15) is 4.39 Å².